The third-order valence-electron chi connectivity index (χ3n) is 5.81. The second-order valence-electron chi connectivity index (χ2n) is 7.57. The highest BCUT2D eigenvalue weighted by atomic mass is 16.5. The minimum Gasteiger partial charge on any atom is -0.381 e. The Labute approximate surface area is 161 Å². The van der Waals surface area contributed by atoms with Gasteiger partial charge in [0, 0.05) is 39.9 Å². The highest BCUT2D eigenvalue weighted by molar-refractivity contribution is 6.06. The summed E-state index contributed by atoms with van der Waals surface area (Å²) in [5.41, 5.74) is 0. The Kier molecular flexibility index (Phi) is 6.88. The Morgan fingerprint density at radius 1 is 1.11 bits per heavy atom. The number of nitrogens with zero attached hydrogens (tertiary/aromatic N) is 2. The van der Waals surface area contributed by atoms with E-state index in [4.69, 9.17) is 4.74 Å². The van der Waals surface area contributed by atoms with Crippen molar-refractivity contribution in [3.63, 3.8) is 0 Å². The first-order valence-corrected chi connectivity index (χ1v) is 10.2. The molecule has 2 bridgehead atoms. The number of likely N-dealkylation sites (tertiary alicyclic amines) is 1. The smallest absolute Gasteiger partial charge is 0.233 e. The molecule has 1 saturated carbocycles. The van der Waals surface area contributed by atoms with Gasteiger partial charge in [-0.05, 0) is 31.1 Å². The molecule has 7 heteroatoms. The number of amides is 2. The number of allylic oxidation sites excluding steroid dienone is 2. The Morgan fingerprint density at radius 2 is 1.74 bits per heavy atom. The molecule has 2 fully saturated rings. The molecule has 4 atom stereocenters. The fourth-order valence-electron chi connectivity index (χ4n) is 4.42. The van der Waals surface area contributed by atoms with E-state index in [1.54, 1.807) is 7.05 Å². The van der Waals surface area contributed by atoms with Crippen molar-refractivity contribution in [2.24, 2.45) is 28.7 Å². The maximum absolute atomic E-state index is 12.6. The molecule has 3 aliphatic rings. The van der Waals surface area contributed by atoms with Crippen LogP contribution in [0.3, 0.4) is 0 Å². The molecule has 2 aliphatic carbocycles. The number of hydrogen-bond acceptors (Lipinski definition) is 4. The lowest BCUT2D eigenvalue weighted by Crippen LogP contribution is -2.44. The lowest BCUT2D eigenvalue weighted by molar-refractivity contribution is -0.140. The van der Waals surface area contributed by atoms with Crippen molar-refractivity contribution >= 4 is 17.8 Å². The molecule has 1 heterocycles. The van der Waals surface area contributed by atoms with Gasteiger partial charge in [-0.3, -0.25) is 19.5 Å². The largest absolute Gasteiger partial charge is 0.381 e. The van der Waals surface area contributed by atoms with Crippen LogP contribution in [0.4, 0.5) is 0 Å². The van der Waals surface area contributed by atoms with E-state index < -0.39 is 0 Å². The van der Waals surface area contributed by atoms with Gasteiger partial charge in [0.25, 0.3) is 0 Å². The second kappa shape index (κ2) is 9.35. The maximum Gasteiger partial charge on any atom is 0.233 e. The normalized spacial score (nSPS) is 29.0. The summed E-state index contributed by atoms with van der Waals surface area (Å²) >= 11 is 0. The molecule has 0 aromatic carbocycles. The minimum atomic E-state index is -0.113. The van der Waals surface area contributed by atoms with E-state index in [1.165, 1.54) is 4.90 Å². The molecule has 2 N–H and O–H groups in total. The molecule has 0 spiro atoms. The molecule has 0 aromatic rings. The van der Waals surface area contributed by atoms with Crippen molar-refractivity contribution in [2.75, 3.05) is 39.9 Å². The van der Waals surface area contributed by atoms with Crippen LogP contribution in [0.15, 0.2) is 17.1 Å². The Balaban J connectivity index is 1.34. The van der Waals surface area contributed by atoms with Crippen molar-refractivity contribution in [1.29, 1.82) is 0 Å². The van der Waals surface area contributed by atoms with E-state index in [2.05, 4.69) is 34.7 Å². The maximum atomic E-state index is 12.6. The van der Waals surface area contributed by atoms with E-state index in [-0.39, 0.29) is 35.5 Å². The number of carbonyl (C=O) groups excluding carboxylic acids is 2. The van der Waals surface area contributed by atoms with Gasteiger partial charge in [0.05, 0.1) is 11.8 Å². The predicted molar refractivity (Wildman–Crippen MR) is 104 cm³/mol. The van der Waals surface area contributed by atoms with Crippen LogP contribution in [0.25, 0.3) is 0 Å². The third kappa shape index (κ3) is 4.34. The first-order chi connectivity index (χ1) is 13.2. The first-order valence-electron chi connectivity index (χ1n) is 10.2. The summed E-state index contributed by atoms with van der Waals surface area (Å²) in [7, 11) is 1.72. The number of hydrogen-bond donors (Lipinski definition) is 2. The summed E-state index contributed by atoms with van der Waals surface area (Å²) < 4.78 is 5.53. The predicted octanol–water partition coefficient (Wildman–Crippen LogP) is 1.17. The number of guanidine groups is 1. The monoisotopic (exact) mass is 376 g/mol. The second-order valence-corrected chi connectivity index (χ2v) is 7.57. The van der Waals surface area contributed by atoms with Crippen LogP contribution < -0.4 is 10.6 Å². The molecule has 3 rings (SSSR count). The topological polar surface area (TPSA) is 83.0 Å². The molecular formula is C20H32N4O3. The van der Waals surface area contributed by atoms with Crippen molar-refractivity contribution in [3.8, 4) is 0 Å². The number of unbranched alkanes of at least 4 members (excludes halogenated alkanes) is 1. The number of nitrogens with one attached hydrogen (secondary N) is 2. The van der Waals surface area contributed by atoms with Crippen LogP contribution in [0.2, 0.25) is 0 Å². The quantitative estimate of drug-likeness (QED) is 0.197. The number of imide groups is 1. The Bertz CT molecular complexity index is 574. The molecule has 4 unspecified atom stereocenters. The molecule has 1 aliphatic heterocycles. The average molecular weight is 377 g/mol. The SMILES string of the molecule is CCCCOCCCNC(=NC)NCCN1C(=O)C2C3C=CC(C3)C2C1=O. The summed E-state index contributed by atoms with van der Waals surface area (Å²) in [6.45, 7) is 5.38. The van der Waals surface area contributed by atoms with Crippen molar-refractivity contribution in [3.05, 3.63) is 12.2 Å². The summed E-state index contributed by atoms with van der Waals surface area (Å²) in [5.74, 6) is 1.01. The van der Waals surface area contributed by atoms with Crippen LogP contribution in [0, 0.1) is 23.7 Å². The molecule has 1 saturated heterocycles. The fraction of sp³-hybridized carbons (Fsp3) is 0.750. The van der Waals surface area contributed by atoms with E-state index in [0.717, 1.165) is 45.4 Å². The van der Waals surface area contributed by atoms with Gasteiger partial charge in [-0.15, -0.1) is 0 Å². The molecule has 2 amide bonds. The van der Waals surface area contributed by atoms with Gasteiger partial charge in [0.1, 0.15) is 0 Å². The van der Waals surface area contributed by atoms with Crippen molar-refractivity contribution in [2.45, 2.75) is 32.6 Å². The minimum absolute atomic E-state index is 0.0100. The standard InChI is InChI=1S/C20H32N4O3/c1-3-4-11-27-12-5-8-22-20(21-2)23-9-10-24-18(25)16-14-6-7-15(13-14)17(16)19(24)26/h6-7,14-17H,3-5,8-13H2,1-2H3,(H2,21,22,23). The van der Waals surface area contributed by atoms with E-state index in [1.807, 2.05) is 0 Å². The Hall–Kier alpha value is -1.89. The fourth-order valence-corrected chi connectivity index (χ4v) is 4.42. The van der Waals surface area contributed by atoms with Crippen molar-refractivity contribution in [1.82, 2.24) is 15.5 Å². The van der Waals surface area contributed by atoms with Crippen LogP contribution in [0.1, 0.15) is 32.6 Å². The van der Waals surface area contributed by atoms with Crippen LogP contribution in [-0.2, 0) is 14.3 Å². The highest BCUT2D eigenvalue weighted by Gasteiger charge is 2.58. The number of carbonyl (C=O) groups is 2. The van der Waals surface area contributed by atoms with Crippen molar-refractivity contribution < 1.29 is 14.3 Å². The molecule has 150 valence electrons. The first kappa shape index (κ1) is 19.9. The Morgan fingerprint density at radius 3 is 2.37 bits per heavy atom. The van der Waals surface area contributed by atoms with Crippen LogP contribution in [0.5, 0.6) is 0 Å². The van der Waals surface area contributed by atoms with Gasteiger partial charge in [-0.1, -0.05) is 25.5 Å². The number of ether oxygens (including phenoxy) is 1. The molecule has 7 nitrogen and oxygen atoms in total. The third-order valence-corrected chi connectivity index (χ3v) is 5.81. The lowest BCUT2D eigenvalue weighted by atomic mass is 9.85. The lowest BCUT2D eigenvalue weighted by Gasteiger charge is -2.18. The van der Waals surface area contributed by atoms with Gasteiger partial charge < -0.3 is 15.4 Å². The van der Waals surface area contributed by atoms with Gasteiger partial charge in [0.2, 0.25) is 11.8 Å². The summed E-state index contributed by atoms with van der Waals surface area (Å²) in [6.07, 6.45) is 8.37. The van der Waals surface area contributed by atoms with Gasteiger partial charge >= 0.3 is 0 Å². The summed E-state index contributed by atoms with van der Waals surface area (Å²) in [4.78, 5) is 30.9. The van der Waals surface area contributed by atoms with Gasteiger partial charge in [0.15, 0.2) is 5.96 Å². The molecule has 0 aromatic heterocycles. The summed E-state index contributed by atoms with van der Waals surface area (Å²) in [5, 5.41) is 6.42. The number of rotatable bonds is 10. The average Bonchev–Trinajstić information content (AvgIpc) is 3.35. The van der Waals surface area contributed by atoms with Gasteiger partial charge in [-0.2, -0.15) is 0 Å². The summed E-state index contributed by atoms with van der Waals surface area (Å²) in [6, 6.07) is 0. The van der Waals surface area contributed by atoms with Crippen LogP contribution >= 0.6 is 0 Å². The zero-order chi connectivity index (χ0) is 19.2. The van der Waals surface area contributed by atoms with Gasteiger partial charge in [-0.25, -0.2) is 0 Å². The highest BCUT2D eigenvalue weighted by Crippen LogP contribution is 2.52. The van der Waals surface area contributed by atoms with E-state index in [9.17, 15) is 9.59 Å². The molecular weight excluding hydrogens is 344 g/mol. The zero-order valence-electron chi connectivity index (χ0n) is 16.4. The van der Waals surface area contributed by atoms with E-state index in [0.29, 0.717) is 19.0 Å². The molecule has 27 heavy (non-hydrogen) atoms. The van der Waals surface area contributed by atoms with Crippen LogP contribution in [-0.4, -0.2) is 62.6 Å². The van der Waals surface area contributed by atoms with E-state index >= 15 is 0 Å². The molecule has 0 radical (unpaired) electrons. The zero-order valence-corrected chi connectivity index (χ0v) is 16.4. The number of fused-ring (bicyclic) bond motifs is 5. The number of aliphatic imine (C=N–C) groups is 1.